The maximum Gasteiger partial charge on any atom is 0.191 e. The number of hydrogen-bond donors (Lipinski definition) is 2. The fourth-order valence-corrected chi connectivity index (χ4v) is 4.76. The van der Waals surface area contributed by atoms with Gasteiger partial charge in [-0.2, -0.15) is 0 Å². The van der Waals surface area contributed by atoms with Crippen LogP contribution in [0.1, 0.15) is 43.7 Å². The molecule has 32 heavy (non-hydrogen) atoms. The average Bonchev–Trinajstić information content (AvgIpc) is 3.05. The van der Waals surface area contributed by atoms with Crippen LogP contribution in [0.15, 0.2) is 29.3 Å². The van der Waals surface area contributed by atoms with Crippen molar-refractivity contribution < 1.29 is 4.74 Å². The third-order valence-electron chi connectivity index (χ3n) is 6.77. The first-order valence-corrected chi connectivity index (χ1v) is 12.4. The number of hydrogen-bond acceptors (Lipinski definition) is 5. The second-order valence-corrected chi connectivity index (χ2v) is 9.12. The smallest absolute Gasteiger partial charge is 0.191 e. The number of nitrogens with one attached hydrogen (secondary N) is 2. The summed E-state index contributed by atoms with van der Waals surface area (Å²) in [4.78, 5) is 12.1. The Bertz CT molecular complexity index is 674. The molecule has 2 saturated heterocycles. The molecule has 0 aliphatic carbocycles. The normalized spacial score (nSPS) is 20.5. The van der Waals surface area contributed by atoms with Crippen LogP contribution in [0.2, 0.25) is 0 Å². The van der Waals surface area contributed by atoms with Gasteiger partial charge in [-0.3, -0.25) is 9.89 Å². The topological polar surface area (TPSA) is 55.4 Å². The molecule has 0 spiro atoms. The number of aliphatic imine (C=N–C) groups is 1. The van der Waals surface area contributed by atoms with Gasteiger partial charge in [0.2, 0.25) is 0 Å². The van der Waals surface area contributed by atoms with E-state index in [0.717, 1.165) is 50.9 Å². The Labute approximate surface area is 195 Å². The first kappa shape index (κ1) is 24.8. The summed E-state index contributed by atoms with van der Waals surface area (Å²) in [5.41, 5.74) is 1.33. The van der Waals surface area contributed by atoms with E-state index in [0.29, 0.717) is 6.04 Å². The van der Waals surface area contributed by atoms with Gasteiger partial charge in [0.25, 0.3) is 0 Å². The van der Waals surface area contributed by atoms with Crippen molar-refractivity contribution in [1.29, 1.82) is 0 Å². The van der Waals surface area contributed by atoms with Crippen LogP contribution in [0.5, 0.6) is 5.75 Å². The number of guanidine groups is 1. The summed E-state index contributed by atoms with van der Waals surface area (Å²) in [6.45, 7) is 10.1. The van der Waals surface area contributed by atoms with Crippen LogP contribution < -0.4 is 15.4 Å². The van der Waals surface area contributed by atoms with Crippen molar-refractivity contribution in [2.45, 2.75) is 38.1 Å². The number of likely N-dealkylation sites (N-methyl/N-ethyl adjacent to an activating group) is 1. The Morgan fingerprint density at radius 1 is 0.969 bits per heavy atom. The summed E-state index contributed by atoms with van der Waals surface area (Å²) in [7, 11) is 5.81. The molecule has 2 N–H and O–H groups in total. The minimum absolute atomic E-state index is 0.342. The van der Waals surface area contributed by atoms with Crippen molar-refractivity contribution in [2.75, 3.05) is 80.1 Å². The standard InChI is InChI=1S/C25H44N6O/c1-26-25(27-13-7-15-30-16-8-14-29(2)19-20-30)28-21-24(31-17-5-4-6-18-31)22-9-11-23(32-3)12-10-22/h9-12,24H,4-8,13-21H2,1-3H3,(H2,26,27,28). The van der Waals surface area contributed by atoms with Crippen LogP contribution in [0.25, 0.3) is 0 Å². The first-order valence-electron chi connectivity index (χ1n) is 12.4. The largest absolute Gasteiger partial charge is 0.497 e. The van der Waals surface area contributed by atoms with Crippen LogP contribution in [-0.2, 0) is 0 Å². The van der Waals surface area contributed by atoms with Crippen molar-refractivity contribution in [3.8, 4) is 5.75 Å². The van der Waals surface area contributed by atoms with E-state index in [1.807, 2.05) is 7.05 Å². The van der Waals surface area contributed by atoms with E-state index in [9.17, 15) is 0 Å². The van der Waals surface area contributed by atoms with Crippen molar-refractivity contribution >= 4 is 5.96 Å². The molecule has 2 aliphatic heterocycles. The number of methoxy groups -OCH3 is 1. The Morgan fingerprint density at radius 2 is 1.75 bits per heavy atom. The maximum absolute atomic E-state index is 5.36. The molecule has 0 bridgehead atoms. The third kappa shape index (κ3) is 7.94. The molecular weight excluding hydrogens is 400 g/mol. The molecule has 180 valence electrons. The predicted molar refractivity (Wildman–Crippen MR) is 134 cm³/mol. The van der Waals surface area contributed by atoms with Crippen LogP contribution in [0, 0.1) is 0 Å². The Kier molecular flexibility index (Phi) is 10.6. The monoisotopic (exact) mass is 444 g/mol. The lowest BCUT2D eigenvalue weighted by Crippen LogP contribution is -2.45. The van der Waals surface area contributed by atoms with Crippen LogP contribution in [-0.4, -0.2) is 101 Å². The third-order valence-corrected chi connectivity index (χ3v) is 6.77. The molecule has 1 atom stereocenters. The van der Waals surface area contributed by atoms with E-state index in [-0.39, 0.29) is 0 Å². The fraction of sp³-hybridized carbons (Fsp3) is 0.720. The molecule has 0 amide bonds. The summed E-state index contributed by atoms with van der Waals surface area (Å²) in [5.74, 6) is 1.81. The number of likely N-dealkylation sites (tertiary alicyclic amines) is 1. The van der Waals surface area contributed by atoms with E-state index < -0.39 is 0 Å². The maximum atomic E-state index is 5.36. The molecule has 3 rings (SSSR count). The van der Waals surface area contributed by atoms with Gasteiger partial charge in [-0.25, -0.2) is 0 Å². The number of piperidine rings is 1. The minimum atomic E-state index is 0.342. The molecule has 2 fully saturated rings. The van der Waals surface area contributed by atoms with Gasteiger partial charge in [0.15, 0.2) is 5.96 Å². The van der Waals surface area contributed by atoms with Crippen LogP contribution in [0.4, 0.5) is 0 Å². The van der Waals surface area contributed by atoms with Gasteiger partial charge in [-0.05, 0) is 83.2 Å². The SMILES string of the molecule is CN=C(NCCCN1CCCN(C)CC1)NCC(c1ccc(OC)cc1)N1CCCCC1. The van der Waals surface area contributed by atoms with E-state index in [2.05, 4.69) is 61.6 Å². The van der Waals surface area contributed by atoms with Gasteiger partial charge in [0.1, 0.15) is 5.75 Å². The van der Waals surface area contributed by atoms with Gasteiger partial charge in [0.05, 0.1) is 13.2 Å². The minimum Gasteiger partial charge on any atom is -0.497 e. The highest BCUT2D eigenvalue weighted by molar-refractivity contribution is 5.79. The van der Waals surface area contributed by atoms with Crippen molar-refractivity contribution in [1.82, 2.24) is 25.3 Å². The van der Waals surface area contributed by atoms with Crippen molar-refractivity contribution in [2.24, 2.45) is 4.99 Å². The van der Waals surface area contributed by atoms with Gasteiger partial charge in [0, 0.05) is 33.2 Å². The summed E-state index contributed by atoms with van der Waals surface area (Å²) < 4.78 is 5.36. The molecule has 1 unspecified atom stereocenters. The number of nitrogens with zero attached hydrogens (tertiary/aromatic N) is 4. The molecule has 2 heterocycles. The van der Waals surface area contributed by atoms with E-state index >= 15 is 0 Å². The zero-order valence-corrected chi connectivity index (χ0v) is 20.5. The van der Waals surface area contributed by atoms with Gasteiger partial charge >= 0.3 is 0 Å². The lowest BCUT2D eigenvalue weighted by Gasteiger charge is -2.35. The molecule has 0 saturated carbocycles. The number of rotatable bonds is 9. The summed E-state index contributed by atoms with van der Waals surface area (Å²) in [6.07, 6.45) is 6.32. The van der Waals surface area contributed by atoms with Crippen molar-refractivity contribution in [3.05, 3.63) is 29.8 Å². The van der Waals surface area contributed by atoms with Crippen LogP contribution in [0.3, 0.4) is 0 Å². The molecule has 1 aromatic rings. The van der Waals surface area contributed by atoms with Crippen molar-refractivity contribution in [3.63, 3.8) is 0 Å². The second-order valence-electron chi connectivity index (χ2n) is 9.12. The first-order chi connectivity index (χ1) is 15.7. The van der Waals surface area contributed by atoms with Gasteiger partial charge in [-0.1, -0.05) is 18.6 Å². The quantitative estimate of drug-likeness (QED) is 0.347. The van der Waals surface area contributed by atoms with E-state index in [1.54, 1.807) is 7.11 Å². The number of benzene rings is 1. The molecule has 7 nitrogen and oxygen atoms in total. The molecule has 0 aromatic heterocycles. The lowest BCUT2D eigenvalue weighted by atomic mass is 10.0. The second kappa shape index (κ2) is 13.7. The van der Waals surface area contributed by atoms with Crippen LogP contribution >= 0.6 is 0 Å². The average molecular weight is 445 g/mol. The number of ether oxygens (including phenoxy) is 1. The molecule has 0 radical (unpaired) electrons. The molecule has 2 aliphatic rings. The zero-order chi connectivity index (χ0) is 22.6. The Hall–Kier alpha value is -1.83. The van der Waals surface area contributed by atoms with Gasteiger partial charge in [-0.15, -0.1) is 0 Å². The summed E-state index contributed by atoms with van der Waals surface area (Å²) in [6, 6.07) is 8.89. The molecular formula is C25H44N6O. The fourth-order valence-electron chi connectivity index (χ4n) is 4.76. The van der Waals surface area contributed by atoms with E-state index in [1.165, 1.54) is 57.4 Å². The highest BCUT2D eigenvalue weighted by Gasteiger charge is 2.22. The predicted octanol–water partition coefficient (Wildman–Crippen LogP) is 2.41. The lowest BCUT2D eigenvalue weighted by molar-refractivity contribution is 0.164. The summed E-state index contributed by atoms with van der Waals surface area (Å²) in [5, 5.41) is 7.12. The van der Waals surface area contributed by atoms with Gasteiger partial charge < -0.3 is 25.2 Å². The Balaban J connectivity index is 1.47. The molecule has 7 heteroatoms. The van der Waals surface area contributed by atoms with E-state index in [4.69, 9.17) is 4.74 Å². The highest BCUT2D eigenvalue weighted by atomic mass is 16.5. The summed E-state index contributed by atoms with van der Waals surface area (Å²) >= 11 is 0. The Morgan fingerprint density at radius 3 is 2.47 bits per heavy atom. The highest BCUT2D eigenvalue weighted by Crippen LogP contribution is 2.25. The molecule has 1 aromatic carbocycles. The zero-order valence-electron chi connectivity index (χ0n) is 20.5.